The van der Waals surface area contributed by atoms with Crippen molar-refractivity contribution in [1.29, 1.82) is 0 Å². The molecule has 148 valence electrons. The Morgan fingerprint density at radius 1 is 0.931 bits per heavy atom. The van der Waals surface area contributed by atoms with Gasteiger partial charge in [-0.3, -0.25) is 4.79 Å². The summed E-state index contributed by atoms with van der Waals surface area (Å²) in [6.07, 6.45) is 1.15. The van der Waals surface area contributed by atoms with Gasteiger partial charge >= 0.3 is 0 Å². The monoisotopic (exact) mass is 387 g/mol. The first-order chi connectivity index (χ1) is 14.2. The number of benzene rings is 3. The lowest BCUT2D eigenvalue weighted by Crippen LogP contribution is -2.29. The number of nitrogens with one attached hydrogen (secondary N) is 2. The lowest BCUT2D eigenvalue weighted by atomic mass is 10.2. The van der Waals surface area contributed by atoms with Crippen LogP contribution >= 0.6 is 0 Å². The van der Waals surface area contributed by atoms with E-state index >= 15 is 0 Å². The Hall–Kier alpha value is -3.31. The van der Waals surface area contributed by atoms with Gasteiger partial charge in [-0.25, -0.2) is 0 Å². The Morgan fingerprint density at radius 3 is 2.28 bits per heavy atom. The van der Waals surface area contributed by atoms with Crippen LogP contribution in [-0.2, 0) is 0 Å². The molecule has 1 aliphatic rings. The van der Waals surface area contributed by atoms with Crippen molar-refractivity contribution in [2.75, 3.05) is 30.4 Å². The molecular formula is C24H25N3O2. The van der Waals surface area contributed by atoms with Crippen molar-refractivity contribution in [3.05, 3.63) is 84.4 Å². The molecule has 0 aliphatic carbocycles. The lowest BCUT2D eigenvalue weighted by Gasteiger charge is -2.19. The van der Waals surface area contributed by atoms with Gasteiger partial charge in [0.15, 0.2) is 0 Å². The summed E-state index contributed by atoms with van der Waals surface area (Å²) >= 11 is 0. The van der Waals surface area contributed by atoms with Crippen LogP contribution in [0.2, 0.25) is 0 Å². The zero-order valence-electron chi connectivity index (χ0n) is 16.5. The van der Waals surface area contributed by atoms with Crippen LogP contribution in [0.15, 0.2) is 78.9 Å². The summed E-state index contributed by atoms with van der Waals surface area (Å²) in [6.45, 7) is 2.06. The highest BCUT2D eigenvalue weighted by atomic mass is 16.5. The quantitative estimate of drug-likeness (QED) is 0.653. The molecule has 1 amide bonds. The fraction of sp³-hybridized carbons (Fsp3) is 0.208. The van der Waals surface area contributed by atoms with Gasteiger partial charge in [-0.1, -0.05) is 18.2 Å². The highest BCUT2D eigenvalue weighted by molar-refractivity contribution is 6.04. The van der Waals surface area contributed by atoms with Gasteiger partial charge in [0.05, 0.1) is 0 Å². The number of hydrogen-bond donors (Lipinski definition) is 2. The van der Waals surface area contributed by atoms with Crippen molar-refractivity contribution in [2.24, 2.45) is 0 Å². The second kappa shape index (κ2) is 8.80. The highest BCUT2D eigenvalue weighted by Crippen LogP contribution is 2.24. The number of anilines is 2. The highest BCUT2D eigenvalue weighted by Gasteiger charge is 2.20. The van der Waals surface area contributed by atoms with Gasteiger partial charge in [0.2, 0.25) is 0 Å². The Morgan fingerprint density at radius 2 is 1.62 bits per heavy atom. The molecule has 5 heteroatoms. The minimum Gasteiger partial charge on any atom is -0.457 e. The Kier molecular flexibility index (Phi) is 5.77. The van der Waals surface area contributed by atoms with Gasteiger partial charge in [0.1, 0.15) is 11.5 Å². The van der Waals surface area contributed by atoms with Crippen LogP contribution in [0.3, 0.4) is 0 Å². The number of nitrogens with zero attached hydrogens (tertiary/aromatic N) is 1. The maximum atomic E-state index is 12.5. The maximum absolute atomic E-state index is 12.5. The van der Waals surface area contributed by atoms with E-state index in [1.54, 1.807) is 24.3 Å². The van der Waals surface area contributed by atoms with Crippen LogP contribution in [0.25, 0.3) is 0 Å². The van der Waals surface area contributed by atoms with E-state index in [1.807, 2.05) is 49.5 Å². The summed E-state index contributed by atoms with van der Waals surface area (Å²) < 4.78 is 5.77. The van der Waals surface area contributed by atoms with Gasteiger partial charge in [0.25, 0.3) is 5.91 Å². The zero-order valence-corrected chi connectivity index (χ0v) is 16.5. The predicted molar refractivity (Wildman–Crippen MR) is 117 cm³/mol. The van der Waals surface area contributed by atoms with Crippen molar-refractivity contribution in [3.8, 4) is 11.5 Å². The number of rotatable bonds is 6. The van der Waals surface area contributed by atoms with Gasteiger partial charge in [-0.15, -0.1) is 0 Å². The van der Waals surface area contributed by atoms with Crippen LogP contribution in [0.1, 0.15) is 16.8 Å². The minimum absolute atomic E-state index is 0.138. The van der Waals surface area contributed by atoms with E-state index in [4.69, 9.17) is 4.74 Å². The average molecular weight is 387 g/mol. The van der Waals surface area contributed by atoms with Crippen molar-refractivity contribution in [3.63, 3.8) is 0 Å². The Labute approximate surface area is 171 Å². The maximum Gasteiger partial charge on any atom is 0.255 e. The topological polar surface area (TPSA) is 53.6 Å². The Balaban J connectivity index is 1.35. The number of para-hydroxylation sites is 1. The molecule has 1 saturated heterocycles. The standard InChI is InChI=1S/C24H25N3O2/c1-25-20-15-16-27(17-20)21-11-9-19(10-12-21)26-24(28)18-7-13-23(14-8-18)29-22-5-3-2-4-6-22/h2-14,20,25H,15-17H2,1H3,(H,26,28). The van der Waals surface area contributed by atoms with E-state index in [1.165, 1.54) is 5.69 Å². The summed E-state index contributed by atoms with van der Waals surface area (Å²) in [4.78, 5) is 14.9. The fourth-order valence-electron chi connectivity index (χ4n) is 3.49. The molecule has 1 atom stereocenters. The second-order valence-corrected chi connectivity index (χ2v) is 7.16. The summed E-state index contributed by atoms with van der Waals surface area (Å²) in [5.74, 6) is 1.33. The van der Waals surface area contributed by atoms with Gasteiger partial charge < -0.3 is 20.3 Å². The first-order valence-corrected chi connectivity index (χ1v) is 9.88. The number of ether oxygens (including phenoxy) is 1. The summed E-state index contributed by atoms with van der Waals surface area (Å²) in [5, 5.41) is 6.28. The molecule has 4 rings (SSSR count). The van der Waals surface area contributed by atoms with Crippen LogP contribution in [-0.4, -0.2) is 32.1 Å². The van der Waals surface area contributed by atoms with Gasteiger partial charge in [0, 0.05) is 36.1 Å². The van der Waals surface area contributed by atoms with Crippen molar-refractivity contribution in [1.82, 2.24) is 5.32 Å². The van der Waals surface area contributed by atoms with Gasteiger partial charge in [-0.05, 0) is 74.1 Å². The summed E-state index contributed by atoms with van der Waals surface area (Å²) in [6, 6.07) is 25.3. The molecule has 0 aromatic heterocycles. The molecule has 0 bridgehead atoms. The largest absolute Gasteiger partial charge is 0.457 e. The first-order valence-electron chi connectivity index (χ1n) is 9.88. The molecule has 5 nitrogen and oxygen atoms in total. The molecule has 1 aliphatic heterocycles. The fourth-order valence-corrected chi connectivity index (χ4v) is 3.49. The predicted octanol–water partition coefficient (Wildman–Crippen LogP) is 4.53. The van der Waals surface area contributed by atoms with Crippen LogP contribution < -0.4 is 20.3 Å². The molecule has 1 fully saturated rings. The van der Waals surface area contributed by atoms with Crippen molar-refractivity contribution >= 4 is 17.3 Å². The third-order valence-corrected chi connectivity index (χ3v) is 5.18. The number of hydrogen-bond acceptors (Lipinski definition) is 4. The molecule has 3 aromatic rings. The minimum atomic E-state index is -0.138. The second-order valence-electron chi connectivity index (χ2n) is 7.16. The molecule has 1 unspecified atom stereocenters. The van der Waals surface area contributed by atoms with Gasteiger partial charge in [-0.2, -0.15) is 0 Å². The normalized spacial score (nSPS) is 15.9. The molecular weight excluding hydrogens is 362 g/mol. The number of likely N-dealkylation sites (N-methyl/N-ethyl adjacent to an activating group) is 1. The summed E-state index contributed by atoms with van der Waals surface area (Å²) in [7, 11) is 2.01. The van der Waals surface area contributed by atoms with E-state index in [0.717, 1.165) is 30.9 Å². The number of amides is 1. The van der Waals surface area contributed by atoms with Crippen molar-refractivity contribution in [2.45, 2.75) is 12.5 Å². The SMILES string of the molecule is CNC1CCN(c2ccc(NC(=O)c3ccc(Oc4ccccc4)cc3)cc2)C1. The Bertz CT molecular complexity index is 940. The number of carbonyl (C=O) groups excluding carboxylic acids is 1. The molecule has 3 aromatic carbocycles. The van der Waals surface area contributed by atoms with Crippen molar-refractivity contribution < 1.29 is 9.53 Å². The molecule has 0 spiro atoms. The lowest BCUT2D eigenvalue weighted by molar-refractivity contribution is 0.102. The molecule has 1 heterocycles. The van der Waals surface area contributed by atoms with Crippen LogP contribution in [0.4, 0.5) is 11.4 Å². The van der Waals surface area contributed by atoms with E-state index in [-0.39, 0.29) is 5.91 Å². The van der Waals surface area contributed by atoms with Crippen LogP contribution in [0.5, 0.6) is 11.5 Å². The third kappa shape index (κ3) is 4.76. The molecule has 0 saturated carbocycles. The van der Waals surface area contributed by atoms with E-state index in [9.17, 15) is 4.79 Å². The summed E-state index contributed by atoms with van der Waals surface area (Å²) in [5.41, 5.74) is 2.56. The molecule has 29 heavy (non-hydrogen) atoms. The molecule has 0 radical (unpaired) electrons. The smallest absolute Gasteiger partial charge is 0.255 e. The van der Waals surface area contributed by atoms with E-state index in [2.05, 4.69) is 27.7 Å². The molecule has 2 N–H and O–H groups in total. The average Bonchev–Trinajstić information content (AvgIpc) is 3.25. The van der Waals surface area contributed by atoms with E-state index in [0.29, 0.717) is 17.4 Å². The zero-order chi connectivity index (χ0) is 20.1. The van der Waals surface area contributed by atoms with E-state index < -0.39 is 0 Å². The number of carbonyl (C=O) groups is 1. The third-order valence-electron chi connectivity index (χ3n) is 5.18. The first kappa shape index (κ1) is 19.0. The van der Waals surface area contributed by atoms with Crippen LogP contribution in [0, 0.1) is 0 Å².